The molecule has 0 atom stereocenters. The molecule has 0 aromatic rings. The van der Waals surface area contributed by atoms with Crippen molar-refractivity contribution >= 4 is 0 Å². The summed E-state index contributed by atoms with van der Waals surface area (Å²) >= 11 is 0. The monoisotopic (exact) mass is 316 g/mol. The van der Waals surface area contributed by atoms with Gasteiger partial charge in [0, 0.05) is 0 Å². The zero-order valence-electron chi connectivity index (χ0n) is 16.9. The van der Waals surface area contributed by atoms with Crippen molar-refractivity contribution in [2.45, 2.75) is 61.8 Å². The summed E-state index contributed by atoms with van der Waals surface area (Å²) in [6.07, 6.45) is 16.9. The molecule has 0 radical (unpaired) electrons. The molecule has 0 heteroatoms. The van der Waals surface area contributed by atoms with Crippen molar-refractivity contribution in [2.75, 3.05) is 0 Å². The molecule has 0 fully saturated rings. The smallest absolute Gasteiger partial charge is 0.0193 e. The Bertz CT molecular complexity index is 384. The lowest BCUT2D eigenvalue weighted by Gasteiger charge is -2.02. The molecule has 23 heavy (non-hydrogen) atoms. The molecule has 0 aromatic heterocycles. The van der Waals surface area contributed by atoms with Gasteiger partial charge in [-0.15, -0.1) is 6.58 Å². The minimum absolute atomic E-state index is 1.01. The van der Waals surface area contributed by atoms with Crippen molar-refractivity contribution in [2.24, 2.45) is 0 Å². The number of rotatable bonds is 6. The van der Waals surface area contributed by atoms with E-state index in [1.807, 2.05) is 53.7 Å². The van der Waals surface area contributed by atoms with Crippen LogP contribution in [0.1, 0.15) is 61.8 Å². The van der Waals surface area contributed by atoms with Gasteiger partial charge in [0.1, 0.15) is 0 Å². The Balaban J connectivity index is -0.000000222. The van der Waals surface area contributed by atoms with Gasteiger partial charge < -0.3 is 0 Å². The fourth-order valence-corrected chi connectivity index (χ4v) is 1.23. The van der Waals surface area contributed by atoms with Crippen LogP contribution in [-0.4, -0.2) is 0 Å². The van der Waals surface area contributed by atoms with Crippen molar-refractivity contribution in [3.8, 4) is 0 Å². The summed E-state index contributed by atoms with van der Waals surface area (Å²) in [4.78, 5) is 0. The Morgan fingerprint density at radius 1 is 0.870 bits per heavy atom. The van der Waals surface area contributed by atoms with Gasteiger partial charge in [0.05, 0.1) is 0 Å². The molecule has 0 saturated carbocycles. The van der Waals surface area contributed by atoms with Crippen LogP contribution in [0, 0.1) is 0 Å². The Morgan fingerprint density at radius 3 is 1.65 bits per heavy atom. The van der Waals surface area contributed by atoms with Crippen LogP contribution >= 0.6 is 0 Å². The molecule has 0 heterocycles. The van der Waals surface area contributed by atoms with Gasteiger partial charge in [-0.05, 0) is 38.3 Å². The summed E-state index contributed by atoms with van der Waals surface area (Å²) in [6.45, 7) is 27.0. The van der Waals surface area contributed by atoms with Crippen molar-refractivity contribution in [1.29, 1.82) is 0 Å². The maximum absolute atomic E-state index is 3.82. The summed E-state index contributed by atoms with van der Waals surface area (Å²) in [5.41, 5.74) is 3.56. The number of hydrogen-bond donors (Lipinski definition) is 0. The van der Waals surface area contributed by atoms with E-state index in [0.29, 0.717) is 0 Å². The average Bonchev–Trinajstić information content (AvgIpc) is 2.60. The molecule has 0 aromatic carbocycles. The van der Waals surface area contributed by atoms with E-state index in [2.05, 4.69) is 57.9 Å². The van der Waals surface area contributed by atoms with E-state index in [4.69, 9.17) is 0 Å². The Kier molecular flexibility index (Phi) is 36.0. The second-order valence-corrected chi connectivity index (χ2v) is 3.90. The quantitative estimate of drug-likeness (QED) is 0.341. The minimum Gasteiger partial charge on any atom is -0.103 e. The predicted molar refractivity (Wildman–Crippen MR) is 114 cm³/mol. The van der Waals surface area contributed by atoms with Crippen molar-refractivity contribution in [3.05, 3.63) is 85.1 Å². The van der Waals surface area contributed by atoms with E-state index < -0.39 is 0 Å². The highest BCUT2D eigenvalue weighted by molar-refractivity contribution is 5.48. The standard InChI is InChI=1S/C16H22.C3H6.2C2H6/c1-6-10-15(9-4)16(11-7-2)13-12-14(5)8-3;1-3-2;2*1-2/h6,8-13H,1,4,7H2,2-3,5H3;3H,1H2,2H3;2*1-2H3/b13-12-,14-8-,15-10+,16-11+;;;. The summed E-state index contributed by atoms with van der Waals surface area (Å²) in [6, 6.07) is 0. The Labute approximate surface area is 147 Å². The molecule has 0 amide bonds. The summed E-state index contributed by atoms with van der Waals surface area (Å²) < 4.78 is 0. The van der Waals surface area contributed by atoms with Crippen molar-refractivity contribution in [1.82, 2.24) is 0 Å². The molecule has 0 aliphatic heterocycles. The summed E-state index contributed by atoms with van der Waals surface area (Å²) in [5, 5.41) is 0. The van der Waals surface area contributed by atoms with E-state index in [0.717, 1.165) is 12.0 Å². The molecule has 0 unspecified atom stereocenters. The third kappa shape index (κ3) is 22.6. The largest absolute Gasteiger partial charge is 0.103 e. The molecular formula is C23H40. The zero-order valence-corrected chi connectivity index (χ0v) is 16.9. The van der Waals surface area contributed by atoms with Gasteiger partial charge in [-0.2, -0.15) is 0 Å². The van der Waals surface area contributed by atoms with Crippen molar-refractivity contribution < 1.29 is 0 Å². The van der Waals surface area contributed by atoms with Crippen LogP contribution in [-0.2, 0) is 0 Å². The summed E-state index contributed by atoms with van der Waals surface area (Å²) in [7, 11) is 0. The molecule has 0 nitrogen and oxygen atoms in total. The van der Waals surface area contributed by atoms with Gasteiger partial charge >= 0.3 is 0 Å². The first kappa shape index (κ1) is 29.2. The normalized spacial score (nSPS) is 11.0. The van der Waals surface area contributed by atoms with Gasteiger partial charge in [-0.3, -0.25) is 0 Å². The number of allylic oxidation sites excluding steroid dienone is 11. The highest BCUT2D eigenvalue weighted by atomic mass is 14.0. The molecule has 0 aliphatic rings. The SMILES string of the molecule is C=C/C=C(C=C)/C(/C=C\C(C)=C/C)=C/CC.C=CC.CC.CC. The van der Waals surface area contributed by atoms with Crippen LogP contribution < -0.4 is 0 Å². The molecule has 0 spiro atoms. The van der Waals surface area contributed by atoms with Gasteiger partial charge in [0.25, 0.3) is 0 Å². The highest BCUT2D eigenvalue weighted by Gasteiger charge is 1.95. The van der Waals surface area contributed by atoms with E-state index in [-0.39, 0.29) is 0 Å². The predicted octanol–water partition coefficient (Wildman–Crippen LogP) is 8.39. The maximum atomic E-state index is 3.82. The van der Waals surface area contributed by atoms with Gasteiger partial charge in [-0.1, -0.05) is 102 Å². The van der Waals surface area contributed by atoms with Crippen LogP contribution in [0.3, 0.4) is 0 Å². The molecule has 0 aliphatic carbocycles. The Hall–Kier alpha value is -1.82. The highest BCUT2D eigenvalue weighted by Crippen LogP contribution is 2.15. The first-order chi connectivity index (χ1) is 11.1. The minimum atomic E-state index is 1.01. The van der Waals surface area contributed by atoms with Gasteiger partial charge in [0.2, 0.25) is 0 Å². The molecule has 0 bridgehead atoms. The van der Waals surface area contributed by atoms with E-state index >= 15 is 0 Å². The zero-order chi connectivity index (χ0) is 19.1. The molecule has 132 valence electrons. The topological polar surface area (TPSA) is 0 Å². The first-order valence-electron chi connectivity index (χ1n) is 8.64. The van der Waals surface area contributed by atoms with Crippen LogP contribution in [0.25, 0.3) is 0 Å². The lowest BCUT2D eigenvalue weighted by Crippen LogP contribution is -1.83. The van der Waals surface area contributed by atoms with Gasteiger partial charge in [-0.25, -0.2) is 0 Å². The Morgan fingerprint density at radius 2 is 1.35 bits per heavy atom. The van der Waals surface area contributed by atoms with Gasteiger partial charge in [0.15, 0.2) is 0 Å². The van der Waals surface area contributed by atoms with Crippen LogP contribution in [0.15, 0.2) is 85.1 Å². The maximum Gasteiger partial charge on any atom is -0.0193 e. The van der Waals surface area contributed by atoms with Crippen LogP contribution in [0.5, 0.6) is 0 Å². The van der Waals surface area contributed by atoms with E-state index in [9.17, 15) is 0 Å². The van der Waals surface area contributed by atoms with Crippen molar-refractivity contribution in [3.63, 3.8) is 0 Å². The average molecular weight is 317 g/mol. The molecule has 0 N–H and O–H groups in total. The lowest BCUT2D eigenvalue weighted by molar-refractivity contribution is 1.20. The number of hydrogen-bond acceptors (Lipinski definition) is 0. The molecule has 0 saturated heterocycles. The third-order valence-corrected chi connectivity index (χ3v) is 2.26. The first-order valence-corrected chi connectivity index (χ1v) is 8.64. The third-order valence-electron chi connectivity index (χ3n) is 2.26. The van der Waals surface area contributed by atoms with Crippen LogP contribution in [0.4, 0.5) is 0 Å². The summed E-state index contributed by atoms with van der Waals surface area (Å²) in [5.74, 6) is 0. The fraction of sp³-hybridized carbons (Fsp3) is 0.391. The molecular weight excluding hydrogens is 276 g/mol. The lowest BCUT2D eigenvalue weighted by atomic mass is 10.0. The second-order valence-electron chi connectivity index (χ2n) is 3.90. The van der Waals surface area contributed by atoms with Crippen LogP contribution in [0.2, 0.25) is 0 Å². The second kappa shape index (κ2) is 28.4. The van der Waals surface area contributed by atoms with E-state index in [1.165, 1.54) is 11.1 Å². The molecule has 0 rings (SSSR count). The fourth-order valence-electron chi connectivity index (χ4n) is 1.23. The van der Waals surface area contributed by atoms with E-state index in [1.54, 1.807) is 12.2 Å².